The van der Waals surface area contributed by atoms with Crippen molar-refractivity contribution in [1.82, 2.24) is 4.57 Å². The van der Waals surface area contributed by atoms with Crippen LogP contribution in [0.4, 0.5) is 0 Å². The molecular formula is C51H38NOPSi-. The largest absolute Gasteiger partial charge is 0.309 e. The second kappa shape index (κ2) is 11.8. The van der Waals surface area contributed by atoms with Crippen molar-refractivity contribution in [3.05, 3.63) is 216 Å². The molecule has 2 aliphatic heterocycles. The van der Waals surface area contributed by atoms with Gasteiger partial charge in [-0.05, 0) is 34.4 Å². The molecule has 1 spiro atoms. The summed E-state index contributed by atoms with van der Waals surface area (Å²) in [5.41, 5.74) is 11.1. The zero-order valence-corrected chi connectivity index (χ0v) is 32.7. The van der Waals surface area contributed by atoms with Gasteiger partial charge in [0, 0.05) is 26.7 Å². The highest BCUT2D eigenvalue weighted by molar-refractivity contribution is 7.85. The minimum atomic E-state index is -3.11. The summed E-state index contributed by atoms with van der Waals surface area (Å²) in [4.78, 5) is 0. The number of hydrogen-bond donors (Lipinski definition) is 0. The lowest BCUT2D eigenvalue weighted by Crippen LogP contribution is -2.64. The highest BCUT2D eigenvalue weighted by Gasteiger charge is 2.50. The molecule has 9 aromatic rings. The smallest absolute Gasteiger partial charge is 0.171 e. The third kappa shape index (κ3) is 4.23. The molecule has 2 aliphatic rings. The van der Waals surface area contributed by atoms with Crippen LogP contribution in [0.5, 0.6) is 0 Å². The Bertz CT molecular complexity index is 2990. The number of aromatic nitrogens is 1. The SMILES string of the molecule is C[Si-]1(C)c2ccccc2C2(c3ccccc3-n3c4ccccc4c4cccc2c43)c2cccc(-c3ccc(P(=O)(c4ccccc4)c4ccccc4)cc3)c21. The summed E-state index contributed by atoms with van der Waals surface area (Å²) in [5, 5.41) is 8.05. The fourth-order valence-corrected chi connectivity index (χ4v) is 16.5. The van der Waals surface area contributed by atoms with Gasteiger partial charge in [0.1, 0.15) is 0 Å². The van der Waals surface area contributed by atoms with E-state index in [0.29, 0.717) is 0 Å². The van der Waals surface area contributed by atoms with Gasteiger partial charge in [-0.15, -0.1) is 0 Å². The Labute approximate surface area is 322 Å². The van der Waals surface area contributed by atoms with Crippen molar-refractivity contribution in [3.63, 3.8) is 0 Å². The maximum atomic E-state index is 15.3. The average molecular weight is 740 g/mol. The molecule has 8 aromatic carbocycles. The van der Waals surface area contributed by atoms with E-state index in [1.54, 1.807) is 0 Å². The Kier molecular flexibility index (Phi) is 6.93. The zero-order chi connectivity index (χ0) is 36.9. The summed E-state index contributed by atoms with van der Waals surface area (Å²) in [7, 11) is -5.42. The van der Waals surface area contributed by atoms with Gasteiger partial charge in [0.05, 0.1) is 22.1 Å². The lowest BCUT2D eigenvalue weighted by Gasteiger charge is -2.55. The molecule has 3 heterocycles. The van der Waals surface area contributed by atoms with Gasteiger partial charge in [-0.3, -0.25) is 0 Å². The monoisotopic (exact) mass is 739 g/mol. The Morgan fingerprint density at radius 2 is 1.02 bits per heavy atom. The molecule has 2 nitrogen and oxygen atoms in total. The van der Waals surface area contributed by atoms with Crippen molar-refractivity contribution < 1.29 is 4.57 Å². The van der Waals surface area contributed by atoms with Gasteiger partial charge in [0.15, 0.2) is 7.14 Å². The number of fused-ring (bicyclic) bond motifs is 11. The van der Waals surface area contributed by atoms with Crippen LogP contribution in [0.1, 0.15) is 22.3 Å². The van der Waals surface area contributed by atoms with E-state index < -0.39 is 20.6 Å². The van der Waals surface area contributed by atoms with Crippen molar-refractivity contribution in [3.8, 4) is 16.8 Å². The average Bonchev–Trinajstić information content (AvgIpc) is 3.59. The highest BCUT2D eigenvalue weighted by atomic mass is 31.2. The minimum absolute atomic E-state index is 0.527. The predicted molar refractivity (Wildman–Crippen MR) is 234 cm³/mol. The quantitative estimate of drug-likeness (QED) is 0.130. The van der Waals surface area contributed by atoms with Crippen LogP contribution in [0, 0.1) is 0 Å². The van der Waals surface area contributed by atoms with E-state index in [9.17, 15) is 0 Å². The molecule has 4 heteroatoms. The summed E-state index contributed by atoms with van der Waals surface area (Å²) in [6, 6.07) is 69.8. The van der Waals surface area contributed by atoms with Crippen LogP contribution in [-0.4, -0.2) is 12.6 Å². The number of hydrogen-bond acceptors (Lipinski definition) is 1. The van der Waals surface area contributed by atoms with Crippen molar-refractivity contribution in [2.24, 2.45) is 0 Å². The van der Waals surface area contributed by atoms with Gasteiger partial charge in [0.25, 0.3) is 0 Å². The molecule has 0 saturated heterocycles. The van der Waals surface area contributed by atoms with Gasteiger partial charge in [-0.1, -0.05) is 201 Å². The molecule has 0 saturated carbocycles. The van der Waals surface area contributed by atoms with E-state index in [-0.39, 0.29) is 0 Å². The molecule has 1 atom stereocenters. The van der Waals surface area contributed by atoms with E-state index in [0.717, 1.165) is 21.5 Å². The maximum absolute atomic E-state index is 15.3. The Morgan fingerprint density at radius 3 is 1.76 bits per heavy atom. The molecule has 0 N–H and O–H groups in total. The first-order valence-electron chi connectivity index (χ1n) is 19.1. The van der Waals surface area contributed by atoms with Crippen LogP contribution >= 0.6 is 7.14 Å². The van der Waals surface area contributed by atoms with Gasteiger partial charge < -0.3 is 9.13 Å². The van der Waals surface area contributed by atoms with E-state index in [1.807, 2.05) is 60.7 Å². The summed E-state index contributed by atoms with van der Waals surface area (Å²) < 4.78 is 17.8. The van der Waals surface area contributed by atoms with Crippen LogP contribution in [0.2, 0.25) is 13.1 Å². The van der Waals surface area contributed by atoms with Gasteiger partial charge in [0.2, 0.25) is 0 Å². The summed E-state index contributed by atoms with van der Waals surface area (Å²) in [5.74, 6) is 0. The van der Waals surface area contributed by atoms with E-state index in [2.05, 4.69) is 151 Å². The second-order valence-corrected chi connectivity index (χ2v) is 22.6. The number of nitrogens with zero attached hydrogens (tertiary/aromatic N) is 1. The van der Waals surface area contributed by atoms with Crippen molar-refractivity contribution in [1.29, 1.82) is 0 Å². The fraction of sp³-hybridized carbons (Fsp3) is 0.0588. The van der Waals surface area contributed by atoms with Crippen LogP contribution < -0.4 is 26.3 Å². The lowest BCUT2D eigenvalue weighted by atomic mass is 9.62. The van der Waals surface area contributed by atoms with E-state index in [4.69, 9.17) is 0 Å². The van der Waals surface area contributed by atoms with Gasteiger partial charge >= 0.3 is 0 Å². The van der Waals surface area contributed by atoms with Gasteiger partial charge in [-0.25, -0.2) is 0 Å². The Balaban J connectivity index is 1.20. The molecule has 0 aliphatic carbocycles. The Hall–Kier alpha value is -5.99. The van der Waals surface area contributed by atoms with E-state index in [1.165, 1.54) is 65.7 Å². The van der Waals surface area contributed by atoms with Crippen molar-refractivity contribution in [2.45, 2.75) is 18.5 Å². The molecule has 1 aromatic heterocycles. The number of rotatable bonds is 4. The molecule has 1 unspecified atom stereocenters. The van der Waals surface area contributed by atoms with E-state index >= 15 is 4.57 Å². The second-order valence-electron chi connectivity index (χ2n) is 15.5. The maximum Gasteiger partial charge on any atom is 0.171 e. The normalized spacial score (nSPS) is 16.5. The molecule has 0 amide bonds. The number of benzene rings is 8. The first-order valence-corrected chi connectivity index (χ1v) is 23.8. The summed E-state index contributed by atoms with van der Waals surface area (Å²) in [6.45, 7) is 5.06. The first-order chi connectivity index (χ1) is 26.9. The van der Waals surface area contributed by atoms with Gasteiger partial charge in [-0.2, -0.15) is 23.5 Å². The third-order valence-electron chi connectivity index (χ3n) is 12.5. The molecular weight excluding hydrogens is 702 g/mol. The molecule has 263 valence electrons. The van der Waals surface area contributed by atoms with Crippen LogP contribution in [0.15, 0.2) is 194 Å². The minimum Gasteiger partial charge on any atom is -0.309 e. The predicted octanol–water partition coefficient (Wildman–Crippen LogP) is 9.92. The van der Waals surface area contributed by atoms with Crippen LogP contribution in [-0.2, 0) is 9.98 Å². The lowest BCUT2D eigenvalue weighted by molar-refractivity contribution is 0.592. The number of para-hydroxylation sites is 3. The van der Waals surface area contributed by atoms with Crippen molar-refractivity contribution in [2.75, 3.05) is 0 Å². The molecule has 0 radical (unpaired) electrons. The van der Waals surface area contributed by atoms with Crippen molar-refractivity contribution >= 4 is 63.3 Å². The molecule has 55 heavy (non-hydrogen) atoms. The highest BCUT2D eigenvalue weighted by Crippen LogP contribution is 2.55. The zero-order valence-electron chi connectivity index (χ0n) is 30.8. The summed E-state index contributed by atoms with van der Waals surface area (Å²) in [6.07, 6.45) is 0. The topological polar surface area (TPSA) is 22.0 Å². The third-order valence-corrected chi connectivity index (χ3v) is 19.2. The van der Waals surface area contributed by atoms with Crippen LogP contribution in [0.25, 0.3) is 38.6 Å². The first kappa shape index (κ1) is 32.4. The van der Waals surface area contributed by atoms with Crippen LogP contribution in [0.3, 0.4) is 0 Å². The molecule has 0 fully saturated rings. The fourth-order valence-electron chi connectivity index (χ4n) is 10.3. The standard InChI is InChI=1S/C51H38NOPSi/c1-55(2)48-30-14-11-25-43(48)51(42-24-10-13-29-47(42)52-46-28-12-9-21-40(46)41-23-16-26-44(51)49(41)52)45-27-15-22-39(50(45)55)35-31-33-38(34-32-35)54(53,36-17-5-3-6-18-36)37-19-7-4-8-20-37/h3-34H,1-2H3/q-1. The molecule has 11 rings (SSSR count). The Morgan fingerprint density at radius 1 is 0.473 bits per heavy atom. The summed E-state index contributed by atoms with van der Waals surface area (Å²) >= 11 is 0. The molecule has 0 bridgehead atoms.